The molecule has 0 aliphatic heterocycles. The van der Waals surface area contributed by atoms with Gasteiger partial charge in [-0.15, -0.1) is 0 Å². The van der Waals surface area contributed by atoms with E-state index in [-0.39, 0.29) is 16.9 Å². The second-order valence-corrected chi connectivity index (χ2v) is 7.91. The van der Waals surface area contributed by atoms with E-state index in [0.717, 1.165) is 12.8 Å². The van der Waals surface area contributed by atoms with Crippen LogP contribution >= 0.6 is 15.9 Å². The first-order valence-corrected chi connectivity index (χ1v) is 9.51. The first-order chi connectivity index (χ1) is 9.81. The van der Waals surface area contributed by atoms with Crippen LogP contribution in [-0.2, 0) is 10.0 Å². The molecule has 0 radical (unpaired) electrons. The summed E-state index contributed by atoms with van der Waals surface area (Å²) in [5.41, 5.74) is 0. The summed E-state index contributed by atoms with van der Waals surface area (Å²) in [6, 6.07) is 1.49. The van der Waals surface area contributed by atoms with Gasteiger partial charge in [-0.2, -0.15) is 0 Å². The summed E-state index contributed by atoms with van der Waals surface area (Å²) in [6.07, 6.45) is 3.24. The second kappa shape index (κ2) is 8.10. The predicted octanol–water partition coefficient (Wildman–Crippen LogP) is 3.38. The van der Waals surface area contributed by atoms with E-state index in [9.17, 15) is 8.42 Å². The maximum Gasteiger partial charge on any atom is 0.244 e. The fourth-order valence-electron chi connectivity index (χ4n) is 1.96. The Balaban J connectivity index is 3.14. The molecule has 1 aromatic heterocycles. The Bertz CT molecular complexity index is 561. The Hall–Kier alpha value is -0.660. The van der Waals surface area contributed by atoms with Crippen molar-refractivity contribution in [1.29, 1.82) is 0 Å². The molecular weight excluding hydrogens is 354 g/mol. The average Bonchev–Trinajstić information content (AvgIpc) is 2.43. The van der Waals surface area contributed by atoms with Gasteiger partial charge in [0.2, 0.25) is 10.0 Å². The van der Waals surface area contributed by atoms with Crippen molar-refractivity contribution >= 4 is 31.8 Å². The van der Waals surface area contributed by atoms with Gasteiger partial charge in [0, 0.05) is 23.3 Å². The molecule has 120 valence electrons. The summed E-state index contributed by atoms with van der Waals surface area (Å²) in [5, 5.41) is 3.07. The first-order valence-electron chi connectivity index (χ1n) is 7.23. The van der Waals surface area contributed by atoms with Crippen LogP contribution < -0.4 is 10.0 Å². The van der Waals surface area contributed by atoms with Crippen molar-refractivity contribution in [3.8, 4) is 0 Å². The van der Waals surface area contributed by atoms with Crippen molar-refractivity contribution < 1.29 is 8.42 Å². The molecule has 0 aliphatic rings. The van der Waals surface area contributed by atoms with Crippen LogP contribution in [0.15, 0.2) is 21.6 Å². The Morgan fingerprint density at radius 2 is 2.00 bits per heavy atom. The number of anilines is 1. The summed E-state index contributed by atoms with van der Waals surface area (Å²) >= 11 is 3.29. The van der Waals surface area contributed by atoms with Gasteiger partial charge in [0.1, 0.15) is 10.7 Å². The van der Waals surface area contributed by atoms with E-state index in [1.165, 1.54) is 0 Å². The van der Waals surface area contributed by atoms with E-state index in [1.54, 1.807) is 12.3 Å². The van der Waals surface area contributed by atoms with Crippen LogP contribution in [0, 0.1) is 5.92 Å². The number of sulfonamides is 1. The van der Waals surface area contributed by atoms with Crippen LogP contribution in [0.3, 0.4) is 0 Å². The van der Waals surface area contributed by atoms with Crippen molar-refractivity contribution in [1.82, 2.24) is 9.71 Å². The van der Waals surface area contributed by atoms with E-state index >= 15 is 0 Å². The Morgan fingerprint density at radius 3 is 2.52 bits per heavy atom. The third kappa shape index (κ3) is 5.23. The zero-order valence-electron chi connectivity index (χ0n) is 13.0. The maximum absolute atomic E-state index is 12.6. The van der Waals surface area contributed by atoms with Crippen molar-refractivity contribution in [2.45, 2.75) is 51.5 Å². The van der Waals surface area contributed by atoms with Gasteiger partial charge in [-0.1, -0.05) is 27.7 Å². The van der Waals surface area contributed by atoms with E-state index in [1.807, 2.05) is 27.7 Å². The van der Waals surface area contributed by atoms with Crippen LogP contribution in [0.2, 0.25) is 0 Å². The van der Waals surface area contributed by atoms with E-state index < -0.39 is 10.0 Å². The highest BCUT2D eigenvalue weighted by Gasteiger charge is 2.24. The summed E-state index contributed by atoms with van der Waals surface area (Å²) in [5.74, 6) is 0.628. The molecule has 5 nitrogen and oxygen atoms in total. The molecule has 2 N–H and O–H groups in total. The number of nitrogens with zero attached hydrogens (tertiary/aromatic N) is 1. The maximum atomic E-state index is 12.6. The molecule has 7 heteroatoms. The molecule has 1 heterocycles. The molecule has 0 fully saturated rings. The number of rotatable bonds is 8. The molecule has 0 saturated heterocycles. The summed E-state index contributed by atoms with van der Waals surface area (Å²) in [7, 11) is -3.61. The lowest BCUT2D eigenvalue weighted by molar-refractivity contribution is 0.437. The molecule has 1 unspecified atom stereocenters. The number of nitrogens with one attached hydrogen (secondary N) is 2. The standard InChI is InChI=1S/C14H24BrN3O2S/c1-5-7-16-14-13(8-11(15)9-17-14)21(19,20)18-12(6-2)10(3)4/h8-10,12,18H,5-7H2,1-4H3,(H,16,17). The Morgan fingerprint density at radius 1 is 1.33 bits per heavy atom. The SMILES string of the molecule is CCCNc1ncc(Br)cc1S(=O)(=O)NC(CC)C(C)C. The molecule has 0 bridgehead atoms. The van der Waals surface area contributed by atoms with Crippen LogP contribution in [0.25, 0.3) is 0 Å². The normalized spacial score (nSPS) is 13.4. The number of hydrogen-bond donors (Lipinski definition) is 2. The fourth-order valence-corrected chi connectivity index (χ4v) is 4.06. The lowest BCUT2D eigenvalue weighted by atomic mass is 10.0. The Kier molecular flexibility index (Phi) is 7.09. The number of halogens is 1. The number of hydrogen-bond acceptors (Lipinski definition) is 4. The quantitative estimate of drug-likeness (QED) is 0.728. The van der Waals surface area contributed by atoms with Crippen LogP contribution in [0.1, 0.15) is 40.5 Å². The lowest BCUT2D eigenvalue weighted by Gasteiger charge is -2.21. The summed E-state index contributed by atoms with van der Waals surface area (Å²) in [4.78, 5) is 4.37. The highest BCUT2D eigenvalue weighted by atomic mass is 79.9. The topological polar surface area (TPSA) is 71.1 Å². The lowest BCUT2D eigenvalue weighted by Crippen LogP contribution is -2.38. The number of pyridine rings is 1. The largest absolute Gasteiger partial charge is 0.369 e. The van der Waals surface area contributed by atoms with Crippen molar-refractivity contribution in [3.05, 3.63) is 16.7 Å². The smallest absolute Gasteiger partial charge is 0.244 e. The van der Waals surface area contributed by atoms with Gasteiger partial charge in [-0.3, -0.25) is 0 Å². The summed E-state index contributed by atoms with van der Waals surface area (Å²) in [6.45, 7) is 8.68. The third-order valence-electron chi connectivity index (χ3n) is 3.20. The van der Waals surface area contributed by atoms with Gasteiger partial charge in [0.15, 0.2) is 0 Å². The van der Waals surface area contributed by atoms with Crippen LogP contribution in [0.4, 0.5) is 5.82 Å². The Labute approximate surface area is 136 Å². The third-order valence-corrected chi connectivity index (χ3v) is 5.14. The minimum Gasteiger partial charge on any atom is -0.369 e. The van der Waals surface area contributed by atoms with Gasteiger partial charge in [-0.25, -0.2) is 18.1 Å². The van der Waals surface area contributed by atoms with E-state index in [0.29, 0.717) is 16.8 Å². The molecule has 0 aliphatic carbocycles. The molecule has 1 rings (SSSR count). The van der Waals surface area contributed by atoms with Gasteiger partial charge >= 0.3 is 0 Å². The minimum absolute atomic E-state index is 0.0898. The molecule has 21 heavy (non-hydrogen) atoms. The molecule has 1 aromatic rings. The van der Waals surface area contributed by atoms with Crippen LogP contribution in [-0.4, -0.2) is 26.0 Å². The molecular formula is C14H24BrN3O2S. The van der Waals surface area contributed by atoms with Gasteiger partial charge in [0.05, 0.1) is 0 Å². The molecule has 1 atom stereocenters. The fraction of sp³-hybridized carbons (Fsp3) is 0.643. The van der Waals surface area contributed by atoms with E-state index in [4.69, 9.17) is 0 Å². The molecule has 0 spiro atoms. The van der Waals surface area contributed by atoms with E-state index in [2.05, 4.69) is 31.0 Å². The number of aromatic nitrogens is 1. The molecule has 0 saturated carbocycles. The van der Waals surface area contributed by atoms with Crippen molar-refractivity contribution in [3.63, 3.8) is 0 Å². The van der Waals surface area contributed by atoms with Gasteiger partial charge < -0.3 is 5.32 Å². The van der Waals surface area contributed by atoms with Crippen molar-refractivity contribution in [2.75, 3.05) is 11.9 Å². The first kappa shape index (κ1) is 18.4. The monoisotopic (exact) mass is 377 g/mol. The van der Waals surface area contributed by atoms with Gasteiger partial charge in [-0.05, 0) is 40.8 Å². The second-order valence-electron chi connectivity index (χ2n) is 5.31. The zero-order chi connectivity index (χ0) is 16.0. The zero-order valence-corrected chi connectivity index (χ0v) is 15.4. The highest BCUT2D eigenvalue weighted by Crippen LogP contribution is 2.24. The van der Waals surface area contributed by atoms with Gasteiger partial charge in [0.25, 0.3) is 0 Å². The summed E-state index contributed by atoms with van der Waals surface area (Å²) < 4.78 is 28.7. The van der Waals surface area contributed by atoms with Crippen molar-refractivity contribution in [2.24, 2.45) is 5.92 Å². The average molecular weight is 378 g/mol. The predicted molar refractivity (Wildman–Crippen MR) is 90.0 cm³/mol. The minimum atomic E-state index is -3.61. The molecule has 0 amide bonds. The van der Waals surface area contributed by atoms with Crippen LogP contribution in [0.5, 0.6) is 0 Å². The molecule has 0 aromatic carbocycles. The highest BCUT2D eigenvalue weighted by molar-refractivity contribution is 9.10.